The van der Waals surface area contributed by atoms with E-state index in [2.05, 4.69) is 5.32 Å². The fourth-order valence-corrected chi connectivity index (χ4v) is 1.03. The quantitative estimate of drug-likeness (QED) is 0.485. The number of hydrogen-bond acceptors (Lipinski definition) is 3. The summed E-state index contributed by atoms with van der Waals surface area (Å²) >= 11 is 4.73. The summed E-state index contributed by atoms with van der Waals surface area (Å²) in [6, 6.07) is 0. The van der Waals surface area contributed by atoms with Gasteiger partial charge >= 0.3 is 0 Å². The summed E-state index contributed by atoms with van der Waals surface area (Å²) in [5.41, 5.74) is 5.33. The Hall–Kier alpha value is -0.680. The third kappa shape index (κ3) is 6.80. The van der Waals surface area contributed by atoms with Gasteiger partial charge in [-0.1, -0.05) is 12.2 Å². The van der Waals surface area contributed by atoms with Gasteiger partial charge in [0, 0.05) is 13.7 Å². The van der Waals surface area contributed by atoms with Gasteiger partial charge in [-0.15, -0.1) is 0 Å². The SMILES string of the molecule is COC(C)C(=O)NCCCCC(N)=S. The van der Waals surface area contributed by atoms with Crippen molar-refractivity contribution < 1.29 is 9.53 Å². The van der Waals surface area contributed by atoms with Crippen LogP contribution in [0.1, 0.15) is 26.2 Å². The highest BCUT2D eigenvalue weighted by atomic mass is 32.1. The van der Waals surface area contributed by atoms with E-state index in [1.54, 1.807) is 6.92 Å². The monoisotopic (exact) mass is 218 g/mol. The molecule has 0 saturated carbocycles. The highest BCUT2D eigenvalue weighted by molar-refractivity contribution is 7.80. The van der Waals surface area contributed by atoms with E-state index in [9.17, 15) is 4.79 Å². The fraction of sp³-hybridized carbons (Fsp3) is 0.778. The molecule has 1 atom stereocenters. The molecule has 1 amide bonds. The van der Waals surface area contributed by atoms with Crippen LogP contribution in [0.15, 0.2) is 0 Å². The molecule has 0 radical (unpaired) electrons. The van der Waals surface area contributed by atoms with Crippen molar-refractivity contribution >= 4 is 23.1 Å². The maximum Gasteiger partial charge on any atom is 0.248 e. The van der Waals surface area contributed by atoms with Gasteiger partial charge < -0.3 is 15.8 Å². The van der Waals surface area contributed by atoms with Crippen LogP contribution < -0.4 is 11.1 Å². The number of nitrogens with two attached hydrogens (primary N) is 1. The Morgan fingerprint density at radius 2 is 2.21 bits per heavy atom. The summed E-state index contributed by atoms with van der Waals surface area (Å²) in [5.74, 6) is -0.0807. The van der Waals surface area contributed by atoms with Gasteiger partial charge in [-0.2, -0.15) is 0 Å². The van der Waals surface area contributed by atoms with Crippen LogP contribution in [0, 0.1) is 0 Å². The minimum Gasteiger partial charge on any atom is -0.393 e. The number of carbonyl (C=O) groups is 1. The number of methoxy groups -OCH3 is 1. The first kappa shape index (κ1) is 13.3. The van der Waals surface area contributed by atoms with Crippen molar-refractivity contribution in [3.8, 4) is 0 Å². The molecule has 0 rings (SSSR count). The Balaban J connectivity index is 3.36. The summed E-state index contributed by atoms with van der Waals surface area (Å²) in [7, 11) is 1.51. The Kier molecular flexibility index (Phi) is 7.32. The molecule has 1 unspecified atom stereocenters. The first-order chi connectivity index (χ1) is 6.57. The Bertz CT molecular complexity index is 197. The lowest BCUT2D eigenvalue weighted by molar-refractivity contribution is -0.130. The molecule has 0 aromatic rings. The molecule has 0 spiro atoms. The zero-order valence-electron chi connectivity index (χ0n) is 8.71. The number of amides is 1. The second kappa shape index (κ2) is 7.70. The van der Waals surface area contributed by atoms with Crippen LogP contribution in [0.25, 0.3) is 0 Å². The third-order valence-electron chi connectivity index (χ3n) is 1.87. The van der Waals surface area contributed by atoms with Crippen LogP contribution in [0.3, 0.4) is 0 Å². The molecule has 0 heterocycles. The van der Waals surface area contributed by atoms with Crippen LogP contribution in [0.2, 0.25) is 0 Å². The third-order valence-corrected chi connectivity index (χ3v) is 2.08. The van der Waals surface area contributed by atoms with Crippen molar-refractivity contribution in [2.45, 2.75) is 32.3 Å². The molecule has 0 aliphatic heterocycles. The largest absolute Gasteiger partial charge is 0.393 e. The first-order valence-corrected chi connectivity index (χ1v) is 5.07. The summed E-state index contributed by atoms with van der Waals surface area (Å²) < 4.78 is 4.85. The van der Waals surface area contributed by atoms with Crippen molar-refractivity contribution in [2.24, 2.45) is 5.73 Å². The van der Waals surface area contributed by atoms with Gasteiger partial charge in [0.25, 0.3) is 0 Å². The first-order valence-electron chi connectivity index (χ1n) is 4.66. The Morgan fingerprint density at radius 3 is 2.71 bits per heavy atom. The summed E-state index contributed by atoms with van der Waals surface area (Å²) in [5, 5.41) is 2.76. The Morgan fingerprint density at radius 1 is 1.57 bits per heavy atom. The van der Waals surface area contributed by atoms with E-state index in [4.69, 9.17) is 22.7 Å². The molecule has 0 saturated heterocycles. The summed E-state index contributed by atoms with van der Waals surface area (Å²) in [4.78, 5) is 11.7. The van der Waals surface area contributed by atoms with Gasteiger partial charge in [0.2, 0.25) is 5.91 Å². The Labute approximate surface area is 90.2 Å². The average Bonchev–Trinajstić information content (AvgIpc) is 2.15. The number of thiocarbonyl (C=S) groups is 1. The summed E-state index contributed by atoms with van der Waals surface area (Å²) in [6.07, 6.45) is 2.16. The highest BCUT2D eigenvalue weighted by Gasteiger charge is 2.09. The van der Waals surface area contributed by atoms with Crippen molar-refractivity contribution in [1.82, 2.24) is 5.32 Å². The van der Waals surface area contributed by atoms with Gasteiger partial charge in [0.1, 0.15) is 6.10 Å². The highest BCUT2D eigenvalue weighted by Crippen LogP contribution is 1.94. The van der Waals surface area contributed by atoms with E-state index in [1.807, 2.05) is 0 Å². The average molecular weight is 218 g/mol. The molecule has 0 aliphatic rings. The molecule has 3 N–H and O–H groups in total. The molecule has 14 heavy (non-hydrogen) atoms. The summed E-state index contributed by atoms with van der Waals surface area (Å²) in [6.45, 7) is 2.36. The minimum absolute atomic E-state index is 0.0807. The smallest absolute Gasteiger partial charge is 0.248 e. The van der Waals surface area contributed by atoms with Crippen LogP contribution in [0.5, 0.6) is 0 Å². The van der Waals surface area contributed by atoms with E-state index >= 15 is 0 Å². The molecule has 0 fully saturated rings. The van der Waals surface area contributed by atoms with E-state index < -0.39 is 0 Å². The lowest BCUT2D eigenvalue weighted by atomic mass is 10.2. The van der Waals surface area contributed by atoms with Gasteiger partial charge in [0.15, 0.2) is 0 Å². The molecule has 0 aliphatic carbocycles. The van der Waals surface area contributed by atoms with Crippen LogP contribution in [-0.2, 0) is 9.53 Å². The second-order valence-electron chi connectivity index (χ2n) is 3.09. The molecule has 82 valence electrons. The van der Waals surface area contributed by atoms with E-state index in [1.165, 1.54) is 7.11 Å². The predicted octanol–water partition coefficient (Wildman–Crippen LogP) is 0.594. The van der Waals surface area contributed by atoms with Crippen molar-refractivity contribution in [3.05, 3.63) is 0 Å². The topological polar surface area (TPSA) is 64.3 Å². The fourth-order valence-electron chi connectivity index (χ4n) is 0.887. The lowest BCUT2D eigenvalue weighted by Crippen LogP contribution is -2.34. The number of unbranched alkanes of at least 4 members (excludes halogenated alkanes) is 1. The zero-order chi connectivity index (χ0) is 11.0. The standard InChI is InChI=1S/C9H18N2O2S/c1-7(13-2)9(12)11-6-4-3-5-8(10)14/h7H,3-6H2,1-2H3,(H2,10,14)(H,11,12). The van der Waals surface area contributed by atoms with Gasteiger partial charge in [-0.25, -0.2) is 0 Å². The molecule has 0 aromatic carbocycles. The number of carbonyl (C=O) groups excluding carboxylic acids is 1. The number of nitrogens with one attached hydrogen (secondary N) is 1. The van der Waals surface area contributed by atoms with Crippen LogP contribution in [0.4, 0.5) is 0 Å². The number of ether oxygens (including phenoxy) is 1. The lowest BCUT2D eigenvalue weighted by Gasteiger charge is -2.09. The molecular formula is C9H18N2O2S. The van der Waals surface area contributed by atoms with Crippen molar-refractivity contribution in [2.75, 3.05) is 13.7 Å². The molecule has 4 nitrogen and oxygen atoms in total. The van der Waals surface area contributed by atoms with Gasteiger partial charge in [0.05, 0.1) is 4.99 Å². The maximum atomic E-state index is 11.2. The van der Waals surface area contributed by atoms with Crippen LogP contribution in [-0.4, -0.2) is 30.7 Å². The normalized spacial score (nSPS) is 12.1. The molecule has 5 heteroatoms. The molecular weight excluding hydrogens is 200 g/mol. The minimum atomic E-state index is -0.384. The van der Waals surface area contributed by atoms with E-state index in [0.29, 0.717) is 11.5 Å². The predicted molar refractivity (Wildman–Crippen MR) is 60.1 cm³/mol. The number of hydrogen-bond donors (Lipinski definition) is 2. The maximum absolute atomic E-state index is 11.2. The molecule has 0 bridgehead atoms. The van der Waals surface area contributed by atoms with Gasteiger partial charge in [-0.3, -0.25) is 4.79 Å². The van der Waals surface area contributed by atoms with Crippen molar-refractivity contribution in [3.63, 3.8) is 0 Å². The van der Waals surface area contributed by atoms with E-state index in [-0.39, 0.29) is 12.0 Å². The van der Waals surface area contributed by atoms with Gasteiger partial charge in [-0.05, 0) is 26.2 Å². The van der Waals surface area contributed by atoms with E-state index in [0.717, 1.165) is 19.3 Å². The second-order valence-corrected chi connectivity index (χ2v) is 3.62. The number of rotatable bonds is 7. The molecule has 0 aromatic heterocycles. The van der Waals surface area contributed by atoms with Crippen molar-refractivity contribution in [1.29, 1.82) is 0 Å². The zero-order valence-corrected chi connectivity index (χ0v) is 9.52. The van der Waals surface area contributed by atoms with Crippen LogP contribution >= 0.6 is 12.2 Å².